The molecule has 1 aliphatic heterocycles. The van der Waals surface area contributed by atoms with Gasteiger partial charge in [-0.1, -0.05) is 35.0 Å². The molecule has 0 radical (unpaired) electrons. The Balaban J connectivity index is 1.51. The second-order valence-corrected chi connectivity index (χ2v) is 6.40. The second kappa shape index (κ2) is 6.98. The Morgan fingerprint density at radius 2 is 1.92 bits per heavy atom. The summed E-state index contributed by atoms with van der Waals surface area (Å²) in [7, 11) is 0. The molecule has 1 saturated heterocycles. The van der Waals surface area contributed by atoms with Crippen LogP contribution in [0.5, 0.6) is 0 Å². The molecule has 0 amide bonds. The van der Waals surface area contributed by atoms with Crippen molar-refractivity contribution in [2.45, 2.75) is 19.7 Å². The molecule has 0 aliphatic carbocycles. The zero-order chi connectivity index (χ0) is 17.9. The highest BCUT2D eigenvalue weighted by Crippen LogP contribution is 2.31. The van der Waals surface area contributed by atoms with E-state index in [0.29, 0.717) is 18.7 Å². The van der Waals surface area contributed by atoms with Gasteiger partial charge in [0, 0.05) is 12.2 Å². The van der Waals surface area contributed by atoms with Crippen LogP contribution in [0.15, 0.2) is 54.7 Å². The van der Waals surface area contributed by atoms with Crippen molar-refractivity contribution in [3.63, 3.8) is 0 Å². The molecule has 2 aromatic carbocycles. The second-order valence-electron chi connectivity index (χ2n) is 6.40. The van der Waals surface area contributed by atoms with Crippen LogP contribution in [0, 0.1) is 18.3 Å². The van der Waals surface area contributed by atoms with Crippen LogP contribution < -0.4 is 4.90 Å². The Hall–Kier alpha value is -3.17. The van der Waals surface area contributed by atoms with Crippen LogP contribution in [0.3, 0.4) is 0 Å². The van der Waals surface area contributed by atoms with Gasteiger partial charge in [0.25, 0.3) is 0 Å². The van der Waals surface area contributed by atoms with Crippen LogP contribution in [0.4, 0.5) is 5.69 Å². The van der Waals surface area contributed by atoms with Crippen molar-refractivity contribution in [1.29, 1.82) is 5.26 Å². The first-order valence-electron chi connectivity index (χ1n) is 8.57. The third-order valence-corrected chi connectivity index (χ3v) is 4.49. The minimum atomic E-state index is -0.215. The predicted octanol–water partition coefficient (Wildman–Crippen LogP) is 3.04. The first kappa shape index (κ1) is 16.3. The van der Waals surface area contributed by atoms with E-state index in [2.05, 4.69) is 52.5 Å². The molecule has 6 heteroatoms. The number of hydrogen-bond acceptors (Lipinski definition) is 5. The van der Waals surface area contributed by atoms with E-state index in [1.54, 1.807) is 4.68 Å². The van der Waals surface area contributed by atoms with Gasteiger partial charge in [-0.2, -0.15) is 5.26 Å². The lowest BCUT2D eigenvalue weighted by Gasteiger charge is -2.23. The standard InChI is InChI=1S/C20H19N5O/c1-15-2-8-18(9-3-15)25-10-11-26-20(25)19-14-24(23-22-19)13-17-6-4-16(12-21)5-7-17/h2-9,14,20H,10-11,13H2,1H3/t20-/m1/s1. The zero-order valence-electron chi connectivity index (χ0n) is 14.5. The average molecular weight is 345 g/mol. The number of rotatable bonds is 4. The third kappa shape index (κ3) is 3.30. The number of nitriles is 1. The fraction of sp³-hybridized carbons (Fsp3) is 0.250. The first-order valence-corrected chi connectivity index (χ1v) is 8.57. The van der Waals surface area contributed by atoms with E-state index in [0.717, 1.165) is 23.5 Å². The zero-order valence-corrected chi connectivity index (χ0v) is 14.5. The minimum absolute atomic E-state index is 0.215. The lowest BCUT2D eigenvalue weighted by atomic mass is 10.1. The molecule has 0 bridgehead atoms. The van der Waals surface area contributed by atoms with E-state index < -0.39 is 0 Å². The number of benzene rings is 2. The van der Waals surface area contributed by atoms with Gasteiger partial charge in [0.2, 0.25) is 0 Å². The largest absolute Gasteiger partial charge is 0.350 e. The summed E-state index contributed by atoms with van der Waals surface area (Å²) in [5, 5.41) is 17.4. The topological polar surface area (TPSA) is 67.0 Å². The van der Waals surface area contributed by atoms with Crippen molar-refractivity contribution in [2.24, 2.45) is 0 Å². The molecule has 1 fully saturated rings. The Morgan fingerprint density at radius 1 is 1.15 bits per heavy atom. The molecular formula is C20H19N5O. The molecule has 130 valence electrons. The summed E-state index contributed by atoms with van der Waals surface area (Å²) < 4.78 is 7.70. The molecule has 2 heterocycles. The van der Waals surface area contributed by atoms with Crippen molar-refractivity contribution < 1.29 is 4.74 Å². The van der Waals surface area contributed by atoms with Gasteiger partial charge in [-0.05, 0) is 36.8 Å². The highest BCUT2D eigenvalue weighted by atomic mass is 16.5. The molecular weight excluding hydrogens is 326 g/mol. The van der Waals surface area contributed by atoms with E-state index in [9.17, 15) is 0 Å². The Labute approximate surface area is 152 Å². The van der Waals surface area contributed by atoms with Crippen molar-refractivity contribution in [2.75, 3.05) is 18.1 Å². The molecule has 0 N–H and O–H groups in total. The lowest BCUT2D eigenvalue weighted by Crippen LogP contribution is -2.23. The number of aromatic nitrogens is 3. The summed E-state index contributed by atoms with van der Waals surface area (Å²) in [6, 6.07) is 18.0. The van der Waals surface area contributed by atoms with Gasteiger partial charge in [0.1, 0.15) is 5.69 Å². The van der Waals surface area contributed by atoms with Crippen LogP contribution in [0.25, 0.3) is 0 Å². The molecule has 0 saturated carbocycles. The van der Waals surface area contributed by atoms with Crippen LogP contribution in [0.1, 0.15) is 28.6 Å². The minimum Gasteiger partial charge on any atom is -0.350 e. The number of nitrogens with zero attached hydrogens (tertiary/aromatic N) is 5. The van der Waals surface area contributed by atoms with E-state index in [-0.39, 0.29) is 6.23 Å². The van der Waals surface area contributed by atoms with Crippen LogP contribution >= 0.6 is 0 Å². The van der Waals surface area contributed by atoms with E-state index in [4.69, 9.17) is 10.00 Å². The Morgan fingerprint density at radius 3 is 2.65 bits per heavy atom. The monoisotopic (exact) mass is 345 g/mol. The summed E-state index contributed by atoms with van der Waals surface area (Å²) in [4.78, 5) is 2.20. The van der Waals surface area contributed by atoms with Crippen molar-refractivity contribution >= 4 is 5.69 Å². The number of anilines is 1. The van der Waals surface area contributed by atoms with Gasteiger partial charge >= 0.3 is 0 Å². The molecule has 1 atom stereocenters. The van der Waals surface area contributed by atoms with E-state index in [1.807, 2.05) is 30.5 Å². The summed E-state index contributed by atoms with van der Waals surface area (Å²) >= 11 is 0. The van der Waals surface area contributed by atoms with Gasteiger partial charge < -0.3 is 9.64 Å². The molecule has 0 unspecified atom stereocenters. The van der Waals surface area contributed by atoms with Gasteiger partial charge in [-0.15, -0.1) is 5.10 Å². The maximum atomic E-state index is 8.88. The molecule has 1 aliphatic rings. The summed E-state index contributed by atoms with van der Waals surface area (Å²) in [6.07, 6.45) is 1.71. The van der Waals surface area contributed by atoms with E-state index >= 15 is 0 Å². The highest BCUT2D eigenvalue weighted by Gasteiger charge is 2.29. The van der Waals surface area contributed by atoms with Gasteiger partial charge in [0.15, 0.2) is 6.23 Å². The Kier molecular flexibility index (Phi) is 4.38. The van der Waals surface area contributed by atoms with Crippen molar-refractivity contribution in [3.8, 4) is 6.07 Å². The summed E-state index contributed by atoms with van der Waals surface area (Å²) in [5.74, 6) is 0. The van der Waals surface area contributed by atoms with E-state index in [1.165, 1.54) is 5.56 Å². The molecule has 4 rings (SSSR count). The van der Waals surface area contributed by atoms with Gasteiger partial charge in [0.05, 0.1) is 31.0 Å². The Bertz CT molecular complexity index is 924. The number of aryl methyl sites for hydroxylation is 1. The maximum Gasteiger partial charge on any atom is 0.177 e. The van der Waals surface area contributed by atoms with Crippen LogP contribution in [-0.2, 0) is 11.3 Å². The molecule has 26 heavy (non-hydrogen) atoms. The van der Waals surface area contributed by atoms with Crippen molar-refractivity contribution in [3.05, 3.63) is 77.1 Å². The highest BCUT2D eigenvalue weighted by molar-refractivity contribution is 5.49. The predicted molar refractivity (Wildman–Crippen MR) is 97.5 cm³/mol. The first-order chi connectivity index (χ1) is 12.7. The SMILES string of the molecule is Cc1ccc(N2CCO[C@@H]2c2cn(Cc3ccc(C#N)cc3)nn2)cc1. The summed E-state index contributed by atoms with van der Waals surface area (Å²) in [5.41, 5.74) is 4.89. The normalized spacial score (nSPS) is 16.6. The quantitative estimate of drug-likeness (QED) is 0.727. The number of hydrogen-bond donors (Lipinski definition) is 0. The molecule has 0 spiro atoms. The fourth-order valence-corrected chi connectivity index (χ4v) is 3.09. The molecule has 1 aromatic heterocycles. The van der Waals surface area contributed by atoms with Crippen molar-refractivity contribution in [1.82, 2.24) is 15.0 Å². The average Bonchev–Trinajstić information content (AvgIpc) is 3.32. The molecule has 3 aromatic rings. The molecule has 6 nitrogen and oxygen atoms in total. The fourth-order valence-electron chi connectivity index (χ4n) is 3.09. The lowest BCUT2D eigenvalue weighted by molar-refractivity contribution is 0.110. The smallest absolute Gasteiger partial charge is 0.177 e. The third-order valence-electron chi connectivity index (χ3n) is 4.49. The van der Waals surface area contributed by atoms with Gasteiger partial charge in [-0.25, -0.2) is 4.68 Å². The van der Waals surface area contributed by atoms with Crippen LogP contribution in [0.2, 0.25) is 0 Å². The number of ether oxygens (including phenoxy) is 1. The maximum absolute atomic E-state index is 8.88. The van der Waals surface area contributed by atoms with Gasteiger partial charge in [-0.3, -0.25) is 0 Å². The van der Waals surface area contributed by atoms with Crippen LogP contribution in [-0.4, -0.2) is 28.1 Å². The summed E-state index contributed by atoms with van der Waals surface area (Å²) in [6.45, 7) is 4.18.